The van der Waals surface area contributed by atoms with E-state index in [1.807, 2.05) is 6.07 Å². The number of aryl methyl sites for hydroxylation is 1. The molecule has 1 atom stereocenters. The standard InChI is InChI=1S/C33H38F3N3O4S/c1-3-30(32(41)37-27-14-8-5-9-15-27)38(22-25-11-6-4-7-12-25)31(40)23-39(28-16-10-13-26(21-28)33(34,35)36)44(42,43)29-19-17-24(2)18-20-29/h4,6-7,10-13,16-21,27,30H,3,5,8-9,14-15,22-23H2,1-2H3,(H,37,41). The molecule has 0 saturated heterocycles. The molecule has 1 saturated carbocycles. The first-order valence-corrected chi connectivity index (χ1v) is 16.2. The third kappa shape index (κ3) is 8.19. The summed E-state index contributed by atoms with van der Waals surface area (Å²) >= 11 is 0. The van der Waals surface area contributed by atoms with E-state index >= 15 is 0 Å². The summed E-state index contributed by atoms with van der Waals surface area (Å²) < 4.78 is 69.6. The maximum atomic E-state index is 14.2. The number of amides is 2. The highest BCUT2D eigenvalue weighted by molar-refractivity contribution is 7.92. The lowest BCUT2D eigenvalue weighted by Gasteiger charge is -2.34. The number of alkyl halides is 3. The second-order valence-electron chi connectivity index (χ2n) is 11.1. The molecule has 4 rings (SSSR count). The van der Waals surface area contributed by atoms with Crippen LogP contribution in [0.25, 0.3) is 0 Å². The summed E-state index contributed by atoms with van der Waals surface area (Å²) in [6.45, 7) is 2.74. The van der Waals surface area contributed by atoms with Crippen LogP contribution in [0.1, 0.15) is 62.1 Å². The lowest BCUT2D eigenvalue weighted by molar-refractivity contribution is -0.140. The van der Waals surface area contributed by atoms with Gasteiger partial charge in [-0.1, -0.05) is 80.3 Å². The molecule has 1 N–H and O–H groups in total. The summed E-state index contributed by atoms with van der Waals surface area (Å²) in [5.41, 5.74) is 0.144. The van der Waals surface area contributed by atoms with Crippen LogP contribution in [0.15, 0.2) is 83.8 Å². The minimum atomic E-state index is -4.73. The molecule has 11 heteroatoms. The van der Waals surface area contributed by atoms with Gasteiger partial charge in [0.15, 0.2) is 0 Å². The number of nitrogens with zero attached hydrogens (tertiary/aromatic N) is 2. The number of halogens is 3. The van der Waals surface area contributed by atoms with Crippen LogP contribution in [0.5, 0.6) is 0 Å². The molecule has 7 nitrogen and oxygen atoms in total. The summed E-state index contributed by atoms with van der Waals surface area (Å²) in [6, 6.07) is 17.8. The van der Waals surface area contributed by atoms with Crippen LogP contribution in [0, 0.1) is 6.92 Å². The van der Waals surface area contributed by atoms with Gasteiger partial charge in [-0.25, -0.2) is 8.42 Å². The lowest BCUT2D eigenvalue weighted by atomic mass is 9.95. The van der Waals surface area contributed by atoms with Gasteiger partial charge in [-0.15, -0.1) is 0 Å². The van der Waals surface area contributed by atoms with E-state index in [2.05, 4.69) is 5.32 Å². The predicted molar refractivity (Wildman–Crippen MR) is 163 cm³/mol. The van der Waals surface area contributed by atoms with E-state index in [0.29, 0.717) is 10.4 Å². The first-order valence-electron chi connectivity index (χ1n) is 14.8. The molecule has 0 aromatic heterocycles. The van der Waals surface area contributed by atoms with Crippen molar-refractivity contribution in [1.29, 1.82) is 0 Å². The number of rotatable bonds is 11. The van der Waals surface area contributed by atoms with Crippen molar-refractivity contribution in [2.75, 3.05) is 10.8 Å². The Labute approximate surface area is 257 Å². The topological polar surface area (TPSA) is 86.8 Å². The molecular formula is C33H38F3N3O4S. The summed E-state index contributed by atoms with van der Waals surface area (Å²) in [6.07, 6.45) is 0.297. The van der Waals surface area contributed by atoms with Crippen molar-refractivity contribution in [1.82, 2.24) is 10.2 Å². The van der Waals surface area contributed by atoms with E-state index in [4.69, 9.17) is 0 Å². The first-order chi connectivity index (χ1) is 20.9. The zero-order valence-electron chi connectivity index (χ0n) is 24.9. The molecule has 0 spiro atoms. The maximum absolute atomic E-state index is 14.2. The van der Waals surface area contributed by atoms with Gasteiger partial charge in [0, 0.05) is 12.6 Å². The molecule has 0 heterocycles. The van der Waals surface area contributed by atoms with E-state index in [9.17, 15) is 31.2 Å². The average molecular weight is 630 g/mol. The normalized spacial score (nSPS) is 14.9. The van der Waals surface area contributed by atoms with E-state index in [1.54, 1.807) is 50.2 Å². The smallest absolute Gasteiger partial charge is 0.352 e. The summed E-state index contributed by atoms with van der Waals surface area (Å²) in [5, 5.41) is 3.07. The lowest BCUT2D eigenvalue weighted by Crippen LogP contribution is -2.54. The molecule has 1 aliphatic carbocycles. The fraction of sp³-hybridized carbons (Fsp3) is 0.394. The van der Waals surface area contributed by atoms with Gasteiger partial charge in [-0.3, -0.25) is 13.9 Å². The Morgan fingerprint density at radius 2 is 1.59 bits per heavy atom. The van der Waals surface area contributed by atoms with Gasteiger partial charge < -0.3 is 10.2 Å². The van der Waals surface area contributed by atoms with Crippen molar-refractivity contribution in [3.05, 3.63) is 95.6 Å². The summed E-state index contributed by atoms with van der Waals surface area (Å²) in [5.74, 6) is -1.05. The molecule has 3 aromatic rings. The van der Waals surface area contributed by atoms with Crippen LogP contribution in [0.2, 0.25) is 0 Å². The van der Waals surface area contributed by atoms with Gasteiger partial charge in [0.2, 0.25) is 11.8 Å². The van der Waals surface area contributed by atoms with Crippen LogP contribution < -0.4 is 9.62 Å². The van der Waals surface area contributed by atoms with Gasteiger partial charge in [-0.2, -0.15) is 13.2 Å². The number of benzene rings is 3. The zero-order chi connectivity index (χ0) is 31.9. The highest BCUT2D eigenvalue weighted by Gasteiger charge is 2.36. The molecule has 1 unspecified atom stereocenters. The molecule has 0 radical (unpaired) electrons. The second-order valence-corrected chi connectivity index (χ2v) is 13.0. The quantitative estimate of drug-likeness (QED) is 0.264. The Kier molecular flexibility index (Phi) is 10.7. The molecule has 0 bridgehead atoms. The monoisotopic (exact) mass is 629 g/mol. The molecule has 44 heavy (non-hydrogen) atoms. The number of hydrogen-bond donors (Lipinski definition) is 1. The minimum Gasteiger partial charge on any atom is -0.352 e. The summed E-state index contributed by atoms with van der Waals surface area (Å²) in [4.78, 5) is 28.9. The number of carbonyl (C=O) groups excluding carboxylic acids is 2. The Morgan fingerprint density at radius 1 is 0.932 bits per heavy atom. The van der Waals surface area contributed by atoms with E-state index < -0.39 is 40.3 Å². The van der Waals surface area contributed by atoms with Crippen molar-refractivity contribution < 1.29 is 31.2 Å². The molecule has 3 aromatic carbocycles. The van der Waals surface area contributed by atoms with Crippen LogP contribution in [0.4, 0.5) is 18.9 Å². The molecule has 1 aliphatic rings. The van der Waals surface area contributed by atoms with Crippen molar-refractivity contribution in [3.63, 3.8) is 0 Å². The van der Waals surface area contributed by atoms with Crippen molar-refractivity contribution in [3.8, 4) is 0 Å². The Bertz CT molecular complexity index is 1520. The van der Waals surface area contributed by atoms with Gasteiger partial charge in [-0.05, 0) is 62.1 Å². The molecular weight excluding hydrogens is 591 g/mol. The molecule has 236 valence electrons. The third-order valence-electron chi connectivity index (χ3n) is 7.88. The van der Waals surface area contributed by atoms with Crippen molar-refractivity contribution >= 4 is 27.5 Å². The van der Waals surface area contributed by atoms with E-state index in [0.717, 1.165) is 55.4 Å². The van der Waals surface area contributed by atoms with Gasteiger partial charge >= 0.3 is 6.18 Å². The molecule has 0 aliphatic heterocycles. The predicted octanol–water partition coefficient (Wildman–Crippen LogP) is 6.47. The number of carbonyl (C=O) groups is 2. The Balaban J connectivity index is 1.74. The second kappa shape index (κ2) is 14.3. The van der Waals surface area contributed by atoms with Crippen molar-refractivity contribution in [2.45, 2.75) is 82.1 Å². The first kappa shape index (κ1) is 33.0. The van der Waals surface area contributed by atoms with Gasteiger partial charge in [0.25, 0.3) is 10.0 Å². The maximum Gasteiger partial charge on any atom is 0.416 e. The Hall–Kier alpha value is -3.86. The fourth-order valence-electron chi connectivity index (χ4n) is 5.45. The van der Waals surface area contributed by atoms with Crippen LogP contribution in [-0.2, 0) is 32.3 Å². The van der Waals surface area contributed by atoms with Gasteiger partial charge in [0.05, 0.1) is 16.1 Å². The Morgan fingerprint density at radius 3 is 2.20 bits per heavy atom. The summed E-state index contributed by atoms with van der Waals surface area (Å²) in [7, 11) is -4.49. The average Bonchev–Trinajstić information content (AvgIpc) is 3.00. The highest BCUT2D eigenvalue weighted by Crippen LogP contribution is 2.33. The number of anilines is 1. The van der Waals surface area contributed by atoms with E-state index in [-0.39, 0.29) is 35.5 Å². The number of hydrogen-bond acceptors (Lipinski definition) is 4. The number of nitrogens with one attached hydrogen (secondary N) is 1. The third-order valence-corrected chi connectivity index (χ3v) is 9.67. The molecule has 1 fully saturated rings. The SMILES string of the molecule is CCC(C(=O)NC1CCCCC1)N(Cc1ccccc1)C(=O)CN(c1cccc(C(F)(F)F)c1)S(=O)(=O)c1ccc(C)cc1. The van der Waals surface area contributed by atoms with Crippen LogP contribution in [-0.4, -0.2) is 43.8 Å². The minimum absolute atomic E-state index is 0.0112. The highest BCUT2D eigenvalue weighted by atomic mass is 32.2. The van der Waals surface area contributed by atoms with Crippen molar-refractivity contribution in [2.24, 2.45) is 0 Å². The van der Waals surface area contributed by atoms with E-state index in [1.165, 1.54) is 23.1 Å². The zero-order valence-corrected chi connectivity index (χ0v) is 25.7. The fourth-order valence-corrected chi connectivity index (χ4v) is 6.85. The van der Waals surface area contributed by atoms with Crippen LogP contribution >= 0.6 is 0 Å². The number of sulfonamides is 1. The van der Waals surface area contributed by atoms with Gasteiger partial charge in [0.1, 0.15) is 12.6 Å². The largest absolute Gasteiger partial charge is 0.416 e. The molecule has 2 amide bonds. The van der Waals surface area contributed by atoms with Crippen LogP contribution in [0.3, 0.4) is 0 Å².